The Bertz CT molecular complexity index is 503. The van der Waals surface area contributed by atoms with Gasteiger partial charge >= 0.3 is 0 Å². The van der Waals surface area contributed by atoms with Crippen molar-refractivity contribution < 1.29 is 13.5 Å². The number of rotatable bonds is 4. The summed E-state index contributed by atoms with van der Waals surface area (Å²) in [5.41, 5.74) is -0.619. The number of ether oxygens (including phenoxy) is 1. The second kappa shape index (κ2) is 7.24. The second-order valence-electron chi connectivity index (χ2n) is 5.45. The molecule has 0 aliphatic carbocycles. The molecule has 1 aliphatic rings. The summed E-state index contributed by atoms with van der Waals surface area (Å²) in [6.45, 7) is 5.83. The molecule has 7 heteroatoms. The molecule has 0 aromatic heterocycles. The molecular weight excluding hydrogens is 391 g/mol. The number of benzene rings is 1. The number of aliphatic imine (C=N–C) groups is 1. The Morgan fingerprint density at radius 3 is 2.43 bits per heavy atom. The highest BCUT2D eigenvalue weighted by Crippen LogP contribution is 2.20. The molecule has 118 valence electrons. The zero-order valence-corrected chi connectivity index (χ0v) is 14.7. The highest BCUT2D eigenvalue weighted by atomic mass is 127. The van der Waals surface area contributed by atoms with Crippen molar-refractivity contribution in [2.75, 3.05) is 26.7 Å². The van der Waals surface area contributed by atoms with Crippen LogP contribution in [0.3, 0.4) is 0 Å². The molecule has 4 nitrogen and oxygen atoms in total. The molecule has 1 aliphatic heterocycles. The van der Waals surface area contributed by atoms with E-state index in [-0.39, 0.29) is 29.7 Å². The minimum absolute atomic E-state index is 0. The van der Waals surface area contributed by atoms with Gasteiger partial charge in [0.2, 0.25) is 0 Å². The van der Waals surface area contributed by atoms with Crippen molar-refractivity contribution in [3.05, 3.63) is 29.8 Å². The van der Waals surface area contributed by atoms with Crippen molar-refractivity contribution in [3.8, 4) is 5.75 Å². The van der Waals surface area contributed by atoms with Crippen molar-refractivity contribution >= 4 is 29.9 Å². The Kier molecular flexibility index (Phi) is 6.18. The maximum absolute atomic E-state index is 13.1. The van der Waals surface area contributed by atoms with Gasteiger partial charge in [0.05, 0.1) is 13.1 Å². The molecule has 1 N–H and O–H groups in total. The molecular formula is C14H20F2IN3O. The summed E-state index contributed by atoms with van der Waals surface area (Å²) >= 11 is 0. The maximum atomic E-state index is 13.1. The van der Waals surface area contributed by atoms with Crippen LogP contribution in [0.25, 0.3) is 0 Å². The van der Waals surface area contributed by atoms with Crippen molar-refractivity contribution in [1.82, 2.24) is 10.2 Å². The van der Waals surface area contributed by atoms with Gasteiger partial charge in [-0.2, -0.15) is 0 Å². The first-order chi connectivity index (χ1) is 9.35. The standard InChI is InChI=1S/C14H19F2N3O.HI/c1-14(2,9-18-13-17-4-5-19(13)3)20-12-7-10(15)6-11(16)8-12;/h6-8H,4-5,9H2,1-3H3,(H,17,18);1H. The number of likely N-dealkylation sites (N-methyl/N-ethyl adjacent to an activating group) is 1. The van der Waals surface area contributed by atoms with E-state index >= 15 is 0 Å². The fourth-order valence-corrected chi connectivity index (χ4v) is 1.96. The first-order valence-electron chi connectivity index (χ1n) is 6.50. The molecule has 2 rings (SSSR count). The molecule has 1 aromatic rings. The third-order valence-electron chi connectivity index (χ3n) is 2.96. The number of hydrogen-bond donors (Lipinski definition) is 1. The Balaban J connectivity index is 0.00000220. The summed E-state index contributed by atoms with van der Waals surface area (Å²) in [4.78, 5) is 6.32. The van der Waals surface area contributed by atoms with Crippen molar-refractivity contribution in [3.63, 3.8) is 0 Å². The summed E-state index contributed by atoms with van der Waals surface area (Å²) in [5.74, 6) is -0.310. The highest BCUT2D eigenvalue weighted by molar-refractivity contribution is 14.0. The van der Waals surface area contributed by atoms with Crippen LogP contribution in [0.15, 0.2) is 23.2 Å². The molecule has 1 heterocycles. The molecule has 0 spiro atoms. The maximum Gasteiger partial charge on any atom is 0.193 e. The fraction of sp³-hybridized carbons (Fsp3) is 0.500. The van der Waals surface area contributed by atoms with Gasteiger partial charge < -0.3 is 15.0 Å². The van der Waals surface area contributed by atoms with Crippen LogP contribution >= 0.6 is 24.0 Å². The Morgan fingerprint density at radius 2 is 1.90 bits per heavy atom. The van der Waals surface area contributed by atoms with E-state index in [2.05, 4.69) is 10.3 Å². The summed E-state index contributed by atoms with van der Waals surface area (Å²) in [6, 6.07) is 3.16. The Morgan fingerprint density at radius 1 is 1.29 bits per heavy atom. The van der Waals surface area contributed by atoms with Crippen LogP contribution < -0.4 is 10.1 Å². The lowest BCUT2D eigenvalue weighted by Crippen LogP contribution is -2.46. The minimum Gasteiger partial charge on any atom is -0.486 e. The summed E-state index contributed by atoms with van der Waals surface area (Å²) in [7, 11) is 1.95. The van der Waals surface area contributed by atoms with E-state index < -0.39 is 17.2 Å². The van der Waals surface area contributed by atoms with Crippen molar-refractivity contribution in [2.45, 2.75) is 19.4 Å². The van der Waals surface area contributed by atoms with Crippen LogP contribution in [0.1, 0.15) is 13.8 Å². The van der Waals surface area contributed by atoms with E-state index in [4.69, 9.17) is 4.74 Å². The zero-order chi connectivity index (χ0) is 14.8. The quantitative estimate of drug-likeness (QED) is 0.775. The van der Waals surface area contributed by atoms with Crippen LogP contribution in [0, 0.1) is 11.6 Å². The van der Waals surface area contributed by atoms with Gasteiger partial charge in [-0.15, -0.1) is 24.0 Å². The van der Waals surface area contributed by atoms with Crippen molar-refractivity contribution in [2.24, 2.45) is 4.99 Å². The molecule has 0 atom stereocenters. The average molecular weight is 411 g/mol. The topological polar surface area (TPSA) is 36.9 Å². The summed E-state index contributed by atoms with van der Waals surface area (Å²) in [6.07, 6.45) is 0. The second-order valence-corrected chi connectivity index (χ2v) is 5.45. The fourth-order valence-electron chi connectivity index (χ4n) is 1.96. The summed E-state index contributed by atoms with van der Waals surface area (Å²) < 4.78 is 31.9. The molecule has 0 saturated heterocycles. The molecule has 0 amide bonds. The van der Waals surface area contributed by atoms with Crippen LogP contribution in [-0.2, 0) is 0 Å². The minimum atomic E-state index is -0.649. The van der Waals surface area contributed by atoms with Crippen molar-refractivity contribution in [1.29, 1.82) is 0 Å². The number of nitrogens with zero attached hydrogens (tertiary/aromatic N) is 2. The van der Waals surface area contributed by atoms with E-state index in [1.807, 2.05) is 25.8 Å². The molecule has 0 unspecified atom stereocenters. The third kappa shape index (κ3) is 5.29. The number of halogens is 3. The number of hydrogen-bond acceptors (Lipinski definition) is 4. The monoisotopic (exact) mass is 411 g/mol. The van der Waals surface area contributed by atoms with Crippen LogP contribution in [-0.4, -0.2) is 43.1 Å². The first-order valence-corrected chi connectivity index (χ1v) is 6.50. The Labute approximate surface area is 140 Å². The van der Waals surface area contributed by atoms with Crippen LogP contribution in [0.5, 0.6) is 5.75 Å². The smallest absolute Gasteiger partial charge is 0.193 e. The van der Waals surface area contributed by atoms with E-state index in [0.29, 0.717) is 6.54 Å². The van der Waals surface area contributed by atoms with Crippen LogP contribution in [0.2, 0.25) is 0 Å². The van der Waals surface area contributed by atoms with E-state index in [1.165, 1.54) is 12.1 Å². The largest absolute Gasteiger partial charge is 0.486 e. The lowest BCUT2D eigenvalue weighted by atomic mass is 10.1. The lowest BCUT2D eigenvalue weighted by Gasteiger charge is -2.28. The van der Waals surface area contributed by atoms with Gasteiger partial charge in [0.25, 0.3) is 0 Å². The third-order valence-corrected chi connectivity index (χ3v) is 2.96. The molecule has 21 heavy (non-hydrogen) atoms. The van der Waals surface area contributed by atoms with E-state index in [1.54, 1.807) is 0 Å². The predicted molar refractivity (Wildman–Crippen MR) is 89.4 cm³/mol. The molecule has 1 aromatic carbocycles. The lowest BCUT2D eigenvalue weighted by molar-refractivity contribution is 0.112. The van der Waals surface area contributed by atoms with E-state index in [9.17, 15) is 8.78 Å². The van der Waals surface area contributed by atoms with Gasteiger partial charge in [-0.25, -0.2) is 8.78 Å². The van der Waals surface area contributed by atoms with Gasteiger partial charge in [0.15, 0.2) is 5.96 Å². The van der Waals surface area contributed by atoms with Gasteiger partial charge in [-0.3, -0.25) is 4.99 Å². The molecule has 0 radical (unpaired) electrons. The van der Waals surface area contributed by atoms with Gasteiger partial charge in [0.1, 0.15) is 23.0 Å². The van der Waals surface area contributed by atoms with E-state index in [0.717, 1.165) is 25.1 Å². The van der Waals surface area contributed by atoms with Gasteiger partial charge in [-0.1, -0.05) is 0 Å². The number of guanidine groups is 1. The first kappa shape index (κ1) is 17.9. The zero-order valence-electron chi connectivity index (χ0n) is 12.3. The molecule has 0 fully saturated rings. The van der Waals surface area contributed by atoms with Gasteiger partial charge in [0, 0.05) is 31.8 Å². The SMILES string of the molecule is CN1CCN=C1NCC(C)(C)Oc1cc(F)cc(F)c1.I. The van der Waals surface area contributed by atoms with Gasteiger partial charge in [-0.05, 0) is 13.8 Å². The predicted octanol–water partition coefficient (Wildman–Crippen LogP) is 2.63. The highest BCUT2D eigenvalue weighted by Gasteiger charge is 2.23. The number of nitrogens with one attached hydrogen (secondary N) is 1. The molecule has 0 saturated carbocycles. The molecule has 0 bridgehead atoms. The summed E-state index contributed by atoms with van der Waals surface area (Å²) in [5, 5.41) is 3.18. The normalized spacial score (nSPS) is 14.5. The average Bonchev–Trinajstić information content (AvgIpc) is 2.70. The Hall–Kier alpha value is -1.12. The van der Waals surface area contributed by atoms with Crippen LogP contribution in [0.4, 0.5) is 8.78 Å².